The number of nitrogens with zero attached hydrogens (tertiary/aromatic N) is 3. The van der Waals surface area contributed by atoms with Gasteiger partial charge in [-0.2, -0.15) is 0 Å². The molecule has 32 heavy (non-hydrogen) atoms. The topological polar surface area (TPSA) is 59.3 Å². The molecule has 1 atom stereocenters. The predicted octanol–water partition coefficient (Wildman–Crippen LogP) is 4.81. The Bertz CT molecular complexity index is 1420. The Labute approximate surface area is 191 Å². The lowest BCUT2D eigenvalue weighted by atomic mass is 9.99. The molecular weight excluding hydrogens is 416 g/mol. The third-order valence-corrected chi connectivity index (χ3v) is 5.93. The highest BCUT2D eigenvalue weighted by Gasteiger charge is 2.27. The fourth-order valence-electron chi connectivity index (χ4n) is 4.01. The molecule has 3 aromatic carbocycles. The van der Waals surface area contributed by atoms with Crippen molar-refractivity contribution in [1.82, 2.24) is 14.9 Å². The molecule has 0 saturated heterocycles. The van der Waals surface area contributed by atoms with Crippen LogP contribution in [0.4, 0.5) is 0 Å². The van der Waals surface area contributed by atoms with Gasteiger partial charge in [0.05, 0.1) is 28.3 Å². The molecule has 6 heteroatoms. The van der Waals surface area contributed by atoms with Crippen LogP contribution in [0.2, 0.25) is 0 Å². The van der Waals surface area contributed by atoms with Crippen molar-refractivity contribution in [3.63, 3.8) is 0 Å². The number of benzene rings is 3. The Morgan fingerprint density at radius 2 is 1.59 bits per heavy atom. The molecule has 1 unspecified atom stereocenters. The minimum Gasteiger partial charge on any atom is -0.350 e. The summed E-state index contributed by atoms with van der Waals surface area (Å²) in [5, 5.41) is 4.26. The van der Waals surface area contributed by atoms with Crippen molar-refractivity contribution in [2.24, 2.45) is 4.99 Å². The van der Waals surface area contributed by atoms with E-state index in [0.29, 0.717) is 28.3 Å². The number of thiocarbonyl (C=S) groups is 1. The molecule has 5 rings (SSSR count). The molecule has 0 bridgehead atoms. The van der Waals surface area contributed by atoms with Gasteiger partial charge in [0.25, 0.3) is 5.56 Å². The van der Waals surface area contributed by atoms with E-state index in [0.717, 1.165) is 22.5 Å². The molecular formula is C26H22N4OS. The Morgan fingerprint density at radius 3 is 2.31 bits per heavy atom. The van der Waals surface area contributed by atoms with Gasteiger partial charge >= 0.3 is 0 Å². The van der Waals surface area contributed by atoms with Crippen molar-refractivity contribution in [3.8, 4) is 5.69 Å². The van der Waals surface area contributed by atoms with Gasteiger partial charge in [0, 0.05) is 6.42 Å². The number of para-hydroxylation sites is 1. The number of rotatable bonds is 3. The van der Waals surface area contributed by atoms with Crippen molar-refractivity contribution in [2.45, 2.75) is 26.3 Å². The van der Waals surface area contributed by atoms with Crippen molar-refractivity contribution in [1.29, 1.82) is 0 Å². The number of aliphatic imine (C=N–C) groups is 1. The maximum Gasteiger partial charge on any atom is 0.266 e. The summed E-state index contributed by atoms with van der Waals surface area (Å²) < 4.78 is 1.69. The standard InChI is InChI=1S/C26H22N4OS/c1-16-7-11-18(12-8-16)22-15-23(29-26(32)28-22)24-27-21-6-4-3-5-20(21)25(31)30(24)19-13-9-17(2)10-14-19/h3-14,23H,15H2,1-2H3,(H,29,32). The van der Waals surface area contributed by atoms with Crippen LogP contribution in [-0.2, 0) is 0 Å². The number of hydrogen-bond acceptors (Lipinski definition) is 3. The Balaban J connectivity index is 1.67. The van der Waals surface area contributed by atoms with E-state index in [1.165, 1.54) is 5.56 Å². The largest absolute Gasteiger partial charge is 0.350 e. The maximum absolute atomic E-state index is 13.6. The van der Waals surface area contributed by atoms with Gasteiger partial charge in [-0.05, 0) is 55.9 Å². The van der Waals surface area contributed by atoms with Crippen LogP contribution in [0.25, 0.3) is 16.6 Å². The predicted molar refractivity (Wildman–Crippen MR) is 133 cm³/mol. The monoisotopic (exact) mass is 438 g/mol. The van der Waals surface area contributed by atoms with Gasteiger partial charge in [0.1, 0.15) is 5.82 Å². The molecule has 1 aliphatic rings. The van der Waals surface area contributed by atoms with Gasteiger partial charge in [0.2, 0.25) is 0 Å². The first-order valence-electron chi connectivity index (χ1n) is 10.5. The number of hydrogen-bond donors (Lipinski definition) is 1. The second-order valence-corrected chi connectivity index (χ2v) is 8.48. The first kappa shape index (κ1) is 20.3. The summed E-state index contributed by atoms with van der Waals surface area (Å²) in [7, 11) is 0. The van der Waals surface area contributed by atoms with Crippen LogP contribution in [0.3, 0.4) is 0 Å². The van der Waals surface area contributed by atoms with E-state index in [4.69, 9.17) is 17.2 Å². The summed E-state index contributed by atoms with van der Waals surface area (Å²) in [6.07, 6.45) is 0.569. The van der Waals surface area contributed by atoms with E-state index in [9.17, 15) is 4.79 Å². The van der Waals surface area contributed by atoms with Crippen molar-refractivity contribution >= 4 is 33.9 Å². The Morgan fingerprint density at radius 1 is 0.938 bits per heavy atom. The van der Waals surface area contributed by atoms with Gasteiger partial charge < -0.3 is 5.32 Å². The van der Waals surface area contributed by atoms with Crippen LogP contribution in [0.5, 0.6) is 0 Å². The first-order chi connectivity index (χ1) is 15.5. The second-order valence-electron chi connectivity index (χ2n) is 8.09. The summed E-state index contributed by atoms with van der Waals surface area (Å²) in [6, 6.07) is 23.3. The smallest absolute Gasteiger partial charge is 0.266 e. The van der Waals surface area contributed by atoms with Crippen LogP contribution in [0.15, 0.2) is 82.6 Å². The van der Waals surface area contributed by atoms with Crippen LogP contribution in [0.1, 0.15) is 35.0 Å². The molecule has 0 aliphatic carbocycles. The zero-order chi connectivity index (χ0) is 22.2. The lowest BCUT2D eigenvalue weighted by Gasteiger charge is -2.27. The van der Waals surface area contributed by atoms with E-state index in [1.54, 1.807) is 4.57 Å². The molecule has 0 amide bonds. The van der Waals surface area contributed by atoms with Gasteiger partial charge in [0.15, 0.2) is 5.11 Å². The summed E-state index contributed by atoms with van der Waals surface area (Å²) in [4.78, 5) is 23.1. The number of aromatic nitrogens is 2. The molecule has 0 radical (unpaired) electrons. The molecule has 0 fully saturated rings. The Hall–Kier alpha value is -3.64. The summed E-state index contributed by atoms with van der Waals surface area (Å²) in [5.41, 5.74) is 5.58. The average Bonchev–Trinajstić information content (AvgIpc) is 2.80. The molecule has 5 nitrogen and oxygen atoms in total. The zero-order valence-corrected chi connectivity index (χ0v) is 18.7. The quantitative estimate of drug-likeness (QED) is 0.466. The van der Waals surface area contributed by atoms with Crippen molar-refractivity contribution < 1.29 is 0 Å². The maximum atomic E-state index is 13.6. The summed E-state index contributed by atoms with van der Waals surface area (Å²) in [5.74, 6) is 0.624. The number of nitrogens with one attached hydrogen (secondary N) is 1. The number of fused-ring (bicyclic) bond motifs is 1. The lowest BCUT2D eigenvalue weighted by molar-refractivity contribution is 0.597. The molecule has 2 heterocycles. The normalized spacial score (nSPS) is 16.0. The highest BCUT2D eigenvalue weighted by Crippen LogP contribution is 2.25. The molecule has 0 spiro atoms. The zero-order valence-electron chi connectivity index (χ0n) is 17.9. The van der Waals surface area contributed by atoms with Crippen LogP contribution in [-0.4, -0.2) is 20.4 Å². The molecule has 1 aromatic heterocycles. The highest BCUT2D eigenvalue weighted by molar-refractivity contribution is 7.80. The molecule has 1 aliphatic heterocycles. The third kappa shape index (κ3) is 3.74. The average molecular weight is 439 g/mol. The van der Waals surface area contributed by atoms with Gasteiger partial charge in [-0.3, -0.25) is 9.36 Å². The van der Waals surface area contributed by atoms with Gasteiger partial charge in [-0.25, -0.2) is 9.98 Å². The van der Waals surface area contributed by atoms with E-state index >= 15 is 0 Å². The van der Waals surface area contributed by atoms with Gasteiger partial charge in [-0.15, -0.1) is 0 Å². The van der Waals surface area contributed by atoms with Crippen LogP contribution < -0.4 is 10.9 Å². The first-order valence-corrected chi connectivity index (χ1v) is 10.9. The summed E-state index contributed by atoms with van der Waals surface area (Å²) in [6.45, 7) is 4.08. The minimum absolute atomic E-state index is 0.0958. The lowest BCUT2D eigenvalue weighted by Crippen LogP contribution is -2.38. The molecule has 1 N–H and O–H groups in total. The van der Waals surface area contributed by atoms with E-state index < -0.39 is 0 Å². The fourth-order valence-corrected chi connectivity index (χ4v) is 4.26. The Kier molecular flexibility index (Phi) is 5.15. The van der Waals surface area contributed by atoms with E-state index in [2.05, 4.69) is 41.5 Å². The fraction of sp³-hybridized carbons (Fsp3) is 0.154. The van der Waals surface area contributed by atoms with Gasteiger partial charge in [-0.1, -0.05) is 59.7 Å². The third-order valence-electron chi connectivity index (χ3n) is 5.72. The number of aryl methyl sites for hydroxylation is 2. The second kappa shape index (κ2) is 8.13. The summed E-state index contributed by atoms with van der Waals surface area (Å²) >= 11 is 5.48. The van der Waals surface area contributed by atoms with Crippen molar-refractivity contribution in [3.05, 3.63) is 106 Å². The molecule has 0 saturated carbocycles. The van der Waals surface area contributed by atoms with E-state index in [-0.39, 0.29) is 11.6 Å². The minimum atomic E-state index is -0.282. The molecule has 4 aromatic rings. The van der Waals surface area contributed by atoms with Crippen molar-refractivity contribution in [2.75, 3.05) is 0 Å². The SMILES string of the molecule is Cc1ccc(C2=NC(=S)NC(c3nc4ccccc4c(=O)n3-c3ccc(C)cc3)C2)cc1. The van der Waals surface area contributed by atoms with Crippen LogP contribution in [0, 0.1) is 13.8 Å². The van der Waals surface area contributed by atoms with E-state index in [1.807, 2.05) is 55.5 Å². The van der Waals surface area contributed by atoms with Crippen LogP contribution >= 0.6 is 12.2 Å². The highest BCUT2D eigenvalue weighted by atomic mass is 32.1. The molecule has 158 valence electrons.